The van der Waals surface area contributed by atoms with Crippen molar-refractivity contribution < 1.29 is 4.42 Å². The Kier molecular flexibility index (Phi) is 6.01. The van der Waals surface area contributed by atoms with Crippen LogP contribution < -0.4 is 10.6 Å². The Morgan fingerprint density at radius 1 is 1.18 bits per heavy atom. The zero-order valence-corrected chi connectivity index (χ0v) is 15.9. The van der Waals surface area contributed by atoms with E-state index in [-0.39, 0.29) is 0 Å². The number of hydrogen-bond acceptors (Lipinski definition) is 4. The van der Waals surface area contributed by atoms with Gasteiger partial charge in [-0.15, -0.1) is 0 Å². The van der Waals surface area contributed by atoms with Gasteiger partial charge in [-0.3, -0.25) is 4.99 Å². The smallest absolute Gasteiger partial charge is 0.191 e. The van der Waals surface area contributed by atoms with Gasteiger partial charge in [0.15, 0.2) is 5.96 Å². The van der Waals surface area contributed by atoms with Crippen molar-refractivity contribution in [3.05, 3.63) is 72.2 Å². The third-order valence-corrected chi connectivity index (χ3v) is 4.90. The molecule has 7 nitrogen and oxygen atoms in total. The van der Waals surface area contributed by atoms with Crippen LogP contribution in [0.25, 0.3) is 0 Å². The number of furan rings is 1. The van der Waals surface area contributed by atoms with E-state index in [1.54, 1.807) is 12.6 Å². The van der Waals surface area contributed by atoms with Crippen molar-refractivity contribution in [2.45, 2.75) is 38.3 Å². The summed E-state index contributed by atoms with van der Waals surface area (Å²) in [5.41, 5.74) is 1.31. The largest absolute Gasteiger partial charge is 0.469 e. The second kappa shape index (κ2) is 9.21. The molecule has 1 aromatic carbocycles. The maximum Gasteiger partial charge on any atom is 0.191 e. The maximum atomic E-state index is 5.41. The van der Waals surface area contributed by atoms with Crippen LogP contribution in [0.15, 0.2) is 64.5 Å². The van der Waals surface area contributed by atoms with Gasteiger partial charge in [-0.25, -0.2) is 9.67 Å². The highest BCUT2D eigenvalue weighted by Gasteiger charge is 2.20. The fourth-order valence-corrected chi connectivity index (χ4v) is 3.40. The van der Waals surface area contributed by atoms with E-state index in [1.165, 1.54) is 5.56 Å². The number of aromatic nitrogens is 3. The molecule has 1 aliphatic heterocycles. The summed E-state index contributed by atoms with van der Waals surface area (Å²) in [4.78, 5) is 9.06. The highest BCUT2D eigenvalue weighted by molar-refractivity contribution is 5.80. The van der Waals surface area contributed by atoms with E-state index in [9.17, 15) is 0 Å². The first kappa shape index (κ1) is 18.3. The minimum Gasteiger partial charge on any atom is -0.469 e. The summed E-state index contributed by atoms with van der Waals surface area (Å²) in [5, 5.41) is 11.4. The van der Waals surface area contributed by atoms with Crippen molar-refractivity contribution in [2.75, 3.05) is 13.1 Å². The number of rotatable bonds is 7. The van der Waals surface area contributed by atoms with Gasteiger partial charge >= 0.3 is 0 Å². The second-order valence-corrected chi connectivity index (χ2v) is 6.96. The average Bonchev–Trinajstić information content (AvgIpc) is 3.40. The highest BCUT2D eigenvalue weighted by atomic mass is 16.3. The zero-order chi connectivity index (χ0) is 19.0. The SMILES string of the molecule is c1ccc(CCNC(=NCCc2ccco2)NC2CCc3ncnn3C2)cc1. The van der Waals surface area contributed by atoms with E-state index in [0.29, 0.717) is 12.6 Å². The van der Waals surface area contributed by atoms with E-state index < -0.39 is 0 Å². The Balaban J connectivity index is 1.34. The minimum atomic E-state index is 0.292. The van der Waals surface area contributed by atoms with Crippen LogP contribution in [-0.2, 0) is 25.8 Å². The number of aliphatic imine (C=N–C) groups is 1. The molecule has 0 saturated carbocycles. The van der Waals surface area contributed by atoms with E-state index in [0.717, 1.165) is 56.3 Å². The fourth-order valence-electron chi connectivity index (χ4n) is 3.40. The predicted molar refractivity (Wildman–Crippen MR) is 108 cm³/mol. The number of aryl methyl sites for hydroxylation is 1. The lowest BCUT2D eigenvalue weighted by Gasteiger charge is -2.25. The van der Waals surface area contributed by atoms with Crippen molar-refractivity contribution in [1.82, 2.24) is 25.4 Å². The molecule has 0 bridgehead atoms. The average molecular weight is 378 g/mol. The molecule has 7 heteroatoms. The molecule has 0 saturated heterocycles. The molecule has 0 fully saturated rings. The monoisotopic (exact) mass is 378 g/mol. The van der Waals surface area contributed by atoms with Crippen molar-refractivity contribution in [2.24, 2.45) is 4.99 Å². The Morgan fingerprint density at radius 2 is 2.11 bits per heavy atom. The second-order valence-electron chi connectivity index (χ2n) is 6.96. The van der Waals surface area contributed by atoms with Gasteiger partial charge in [-0.1, -0.05) is 30.3 Å². The first-order valence-corrected chi connectivity index (χ1v) is 9.84. The van der Waals surface area contributed by atoms with Gasteiger partial charge in [0.25, 0.3) is 0 Å². The Labute approximate surface area is 164 Å². The third-order valence-electron chi connectivity index (χ3n) is 4.90. The van der Waals surface area contributed by atoms with Gasteiger partial charge in [-0.05, 0) is 30.5 Å². The Bertz CT molecular complexity index is 871. The van der Waals surface area contributed by atoms with Crippen LogP contribution in [-0.4, -0.2) is 39.9 Å². The Hall–Kier alpha value is -3.09. The van der Waals surface area contributed by atoms with Gasteiger partial charge in [0.2, 0.25) is 0 Å². The Morgan fingerprint density at radius 3 is 2.96 bits per heavy atom. The number of hydrogen-bond donors (Lipinski definition) is 2. The summed E-state index contributed by atoms with van der Waals surface area (Å²) in [6.45, 7) is 2.32. The first-order valence-electron chi connectivity index (χ1n) is 9.84. The van der Waals surface area contributed by atoms with Gasteiger partial charge in [-0.2, -0.15) is 5.10 Å². The molecule has 1 aliphatic rings. The molecular formula is C21H26N6O. The summed E-state index contributed by atoms with van der Waals surface area (Å²) < 4.78 is 7.38. The first-order chi connectivity index (χ1) is 13.9. The van der Waals surface area contributed by atoms with Crippen LogP contribution in [0.1, 0.15) is 23.6 Å². The standard InChI is InChI=1S/C21H26N6O/c1-2-5-17(6-3-1)10-12-22-21(23-13-11-19-7-4-14-28-19)26-18-8-9-20-24-16-25-27(20)15-18/h1-7,14,16,18H,8-13,15H2,(H2,22,23,26). The van der Waals surface area contributed by atoms with Crippen molar-refractivity contribution in [3.63, 3.8) is 0 Å². The molecule has 2 aromatic heterocycles. The van der Waals surface area contributed by atoms with E-state index in [2.05, 4.69) is 45.0 Å². The summed E-state index contributed by atoms with van der Waals surface area (Å²) in [5.74, 6) is 2.86. The lowest BCUT2D eigenvalue weighted by atomic mass is 10.1. The fraction of sp³-hybridized carbons (Fsp3) is 0.381. The number of guanidine groups is 1. The molecule has 3 heterocycles. The zero-order valence-electron chi connectivity index (χ0n) is 15.9. The van der Waals surface area contributed by atoms with Crippen molar-refractivity contribution in [3.8, 4) is 0 Å². The van der Waals surface area contributed by atoms with Crippen LogP contribution in [0.5, 0.6) is 0 Å². The number of nitrogens with one attached hydrogen (secondary N) is 2. The van der Waals surface area contributed by atoms with Crippen LogP contribution in [0.4, 0.5) is 0 Å². The van der Waals surface area contributed by atoms with E-state index in [4.69, 9.17) is 9.41 Å². The molecule has 2 N–H and O–H groups in total. The van der Waals surface area contributed by atoms with Crippen molar-refractivity contribution in [1.29, 1.82) is 0 Å². The summed E-state index contributed by atoms with van der Waals surface area (Å²) in [6, 6.07) is 14.7. The number of benzene rings is 1. The summed E-state index contributed by atoms with van der Waals surface area (Å²) in [6.07, 6.45) is 7.04. The number of nitrogens with zero attached hydrogens (tertiary/aromatic N) is 4. The molecular weight excluding hydrogens is 352 g/mol. The number of fused-ring (bicyclic) bond motifs is 1. The maximum absolute atomic E-state index is 5.41. The highest BCUT2D eigenvalue weighted by Crippen LogP contribution is 2.11. The molecule has 4 rings (SSSR count). The van der Waals surface area contributed by atoms with Gasteiger partial charge in [0, 0.05) is 32.0 Å². The predicted octanol–water partition coefficient (Wildman–Crippen LogP) is 2.21. The van der Waals surface area contributed by atoms with Gasteiger partial charge < -0.3 is 15.1 Å². The lowest BCUT2D eigenvalue weighted by molar-refractivity contribution is 0.392. The van der Waals surface area contributed by atoms with E-state index >= 15 is 0 Å². The third kappa shape index (κ3) is 5.00. The molecule has 146 valence electrons. The summed E-state index contributed by atoms with van der Waals surface area (Å²) in [7, 11) is 0. The molecule has 28 heavy (non-hydrogen) atoms. The van der Waals surface area contributed by atoms with Crippen LogP contribution in [0.2, 0.25) is 0 Å². The van der Waals surface area contributed by atoms with Gasteiger partial charge in [0.1, 0.15) is 17.9 Å². The van der Waals surface area contributed by atoms with E-state index in [1.807, 2.05) is 22.9 Å². The minimum absolute atomic E-state index is 0.292. The molecule has 1 unspecified atom stereocenters. The quantitative estimate of drug-likeness (QED) is 0.487. The normalized spacial score (nSPS) is 16.6. The topological polar surface area (TPSA) is 80.3 Å². The van der Waals surface area contributed by atoms with Crippen LogP contribution >= 0.6 is 0 Å². The molecule has 0 spiro atoms. The lowest BCUT2D eigenvalue weighted by Crippen LogP contribution is -2.47. The van der Waals surface area contributed by atoms with Crippen molar-refractivity contribution >= 4 is 5.96 Å². The van der Waals surface area contributed by atoms with Gasteiger partial charge in [0.05, 0.1) is 12.8 Å². The van der Waals surface area contributed by atoms with Crippen LogP contribution in [0.3, 0.4) is 0 Å². The molecule has 1 atom stereocenters. The molecule has 3 aromatic rings. The molecule has 0 aliphatic carbocycles. The summed E-state index contributed by atoms with van der Waals surface area (Å²) >= 11 is 0. The van der Waals surface area contributed by atoms with Crippen LogP contribution in [0, 0.1) is 0 Å². The molecule has 0 amide bonds. The molecule has 0 radical (unpaired) electrons.